The monoisotopic (exact) mass is 442 g/mol. The van der Waals surface area contributed by atoms with Crippen LogP contribution in [0.4, 0.5) is 5.82 Å². The lowest BCUT2D eigenvalue weighted by atomic mass is 10.00. The van der Waals surface area contributed by atoms with E-state index in [4.69, 9.17) is 4.74 Å². The SMILES string of the molecule is O=S(=O)(c1ccccc1)c1ccc(N[C@H]2C[C@@H]3CN(CC4CCOCC4)C[C@@H]3C2)nn1. The summed E-state index contributed by atoms with van der Waals surface area (Å²) < 4.78 is 30.8. The molecular formula is C23H30N4O3S. The molecule has 0 radical (unpaired) electrons. The van der Waals surface area contributed by atoms with Gasteiger partial charge in [-0.15, -0.1) is 10.2 Å². The van der Waals surface area contributed by atoms with Gasteiger partial charge in [-0.2, -0.15) is 0 Å². The van der Waals surface area contributed by atoms with Crippen LogP contribution in [0, 0.1) is 17.8 Å². The predicted octanol–water partition coefficient (Wildman–Crippen LogP) is 2.86. The Morgan fingerprint density at radius 3 is 2.32 bits per heavy atom. The molecule has 1 aliphatic carbocycles. The minimum atomic E-state index is -3.63. The Labute approximate surface area is 184 Å². The van der Waals surface area contributed by atoms with E-state index in [2.05, 4.69) is 20.4 Å². The van der Waals surface area contributed by atoms with E-state index in [1.807, 2.05) is 0 Å². The van der Waals surface area contributed by atoms with Crippen LogP contribution in [-0.4, -0.2) is 62.4 Å². The van der Waals surface area contributed by atoms with Gasteiger partial charge in [0.25, 0.3) is 0 Å². The summed E-state index contributed by atoms with van der Waals surface area (Å²) in [6.07, 6.45) is 4.68. The topological polar surface area (TPSA) is 84.4 Å². The molecule has 2 saturated heterocycles. The fraction of sp³-hybridized carbons (Fsp3) is 0.565. The summed E-state index contributed by atoms with van der Waals surface area (Å²) in [7, 11) is -3.63. The summed E-state index contributed by atoms with van der Waals surface area (Å²) in [6.45, 7) is 5.45. The number of nitrogens with zero attached hydrogens (tertiary/aromatic N) is 3. The molecule has 1 aromatic carbocycles. The lowest BCUT2D eigenvalue weighted by molar-refractivity contribution is 0.0545. The van der Waals surface area contributed by atoms with Gasteiger partial charge in [0.05, 0.1) is 4.90 Å². The molecule has 5 rings (SSSR count). The molecule has 31 heavy (non-hydrogen) atoms. The Morgan fingerprint density at radius 1 is 0.968 bits per heavy atom. The third kappa shape index (κ3) is 4.61. The van der Waals surface area contributed by atoms with Crippen molar-refractivity contribution in [2.75, 3.05) is 38.2 Å². The van der Waals surface area contributed by atoms with Crippen molar-refractivity contribution in [2.45, 2.75) is 41.6 Å². The quantitative estimate of drug-likeness (QED) is 0.736. The number of benzene rings is 1. The molecule has 7 nitrogen and oxygen atoms in total. The third-order valence-electron chi connectivity index (χ3n) is 7.00. The zero-order valence-electron chi connectivity index (χ0n) is 17.7. The van der Waals surface area contributed by atoms with Crippen molar-refractivity contribution < 1.29 is 13.2 Å². The highest BCUT2D eigenvalue weighted by atomic mass is 32.2. The van der Waals surface area contributed by atoms with Crippen molar-refractivity contribution in [1.29, 1.82) is 0 Å². The van der Waals surface area contributed by atoms with Crippen LogP contribution >= 0.6 is 0 Å². The molecule has 3 aliphatic rings. The molecule has 0 spiro atoms. The maximum Gasteiger partial charge on any atom is 0.225 e. The van der Waals surface area contributed by atoms with Crippen molar-refractivity contribution in [3.8, 4) is 0 Å². The first kappa shape index (κ1) is 20.8. The fourth-order valence-electron chi connectivity index (χ4n) is 5.43. The smallest absolute Gasteiger partial charge is 0.225 e. The zero-order valence-corrected chi connectivity index (χ0v) is 18.5. The number of hydrogen-bond acceptors (Lipinski definition) is 7. The van der Waals surface area contributed by atoms with Crippen LogP contribution in [-0.2, 0) is 14.6 Å². The Kier molecular flexibility index (Phi) is 5.95. The lowest BCUT2D eigenvalue weighted by Crippen LogP contribution is -2.32. The molecule has 3 fully saturated rings. The van der Waals surface area contributed by atoms with E-state index in [0.29, 0.717) is 11.9 Å². The van der Waals surface area contributed by atoms with E-state index >= 15 is 0 Å². The van der Waals surface area contributed by atoms with Gasteiger partial charge < -0.3 is 15.0 Å². The van der Waals surface area contributed by atoms with Gasteiger partial charge in [-0.1, -0.05) is 18.2 Å². The number of ether oxygens (including phenoxy) is 1. The molecule has 3 atom stereocenters. The van der Waals surface area contributed by atoms with E-state index in [1.165, 1.54) is 32.5 Å². The summed E-state index contributed by atoms with van der Waals surface area (Å²) in [6, 6.07) is 12.0. The highest BCUT2D eigenvalue weighted by Crippen LogP contribution is 2.39. The number of hydrogen-bond donors (Lipinski definition) is 1. The first-order valence-electron chi connectivity index (χ1n) is 11.3. The third-order valence-corrected chi connectivity index (χ3v) is 8.67. The molecule has 1 saturated carbocycles. The lowest BCUT2D eigenvalue weighted by Gasteiger charge is -2.27. The molecule has 0 bridgehead atoms. The molecule has 2 aromatic rings. The van der Waals surface area contributed by atoms with Crippen LogP contribution in [0.1, 0.15) is 25.7 Å². The van der Waals surface area contributed by atoms with E-state index < -0.39 is 9.84 Å². The Hall–Kier alpha value is -2.03. The molecule has 1 aromatic heterocycles. The number of nitrogens with one attached hydrogen (secondary N) is 1. The van der Waals surface area contributed by atoms with Crippen LogP contribution in [0.25, 0.3) is 0 Å². The largest absolute Gasteiger partial charge is 0.381 e. The van der Waals surface area contributed by atoms with Crippen molar-refractivity contribution in [3.05, 3.63) is 42.5 Å². The van der Waals surface area contributed by atoms with E-state index in [-0.39, 0.29) is 9.92 Å². The first-order valence-corrected chi connectivity index (χ1v) is 12.8. The van der Waals surface area contributed by atoms with Crippen LogP contribution in [0.15, 0.2) is 52.4 Å². The van der Waals surface area contributed by atoms with Crippen LogP contribution < -0.4 is 5.32 Å². The summed E-state index contributed by atoms with van der Waals surface area (Å²) in [4.78, 5) is 2.89. The second-order valence-electron chi connectivity index (χ2n) is 9.18. The van der Waals surface area contributed by atoms with Gasteiger partial charge >= 0.3 is 0 Å². The van der Waals surface area contributed by atoms with Gasteiger partial charge in [-0.3, -0.25) is 0 Å². The van der Waals surface area contributed by atoms with Crippen molar-refractivity contribution in [2.24, 2.45) is 17.8 Å². The maximum atomic E-state index is 12.7. The van der Waals surface area contributed by atoms with Gasteiger partial charge in [-0.05, 0) is 67.7 Å². The normalized spacial score (nSPS) is 27.3. The van der Waals surface area contributed by atoms with E-state index in [0.717, 1.165) is 43.8 Å². The highest BCUT2D eigenvalue weighted by Gasteiger charge is 2.41. The molecule has 0 unspecified atom stereocenters. The number of rotatable bonds is 6. The summed E-state index contributed by atoms with van der Waals surface area (Å²) in [5.41, 5.74) is 0. The van der Waals surface area contributed by atoms with Crippen molar-refractivity contribution >= 4 is 15.7 Å². The Bertz CT molecular complexity index is 964. The molecule has 3 heterocycles. The van der Waals surface area contributed by atoms with Crippen molar-refractivity contribution in [1.82, 2.24) is 15.1 Å². The Morgan fingerprint density at radius 2 is 1.68 bits per heavy atom. The standard InChI is InChI=1S/C23H30N4O3S/c28-31(29,21-4-2-1-3-5-21)23-7-6-22(25-26-23)24-20-12-18-15-27(16-19(18)13-20)14-17-8-10-30-11-9-17/h1-7,17-20H,8-16H2,(H,24,25)/t18-,19+,20+. The predicted molar refractivity (Wildman–Crippen MR) is 118 cm³/mol. The highest BCUT2D eigenvalue weighted by molar-refractivity contribution is 7.91. The molecule has 166 valence electrons. The average Bonchev–Trinajstić information content (AvgIpc) is 3.33. The first-order chi connectivity index (χ1) is 15.1. The zero-order chi connectivity index (χ0) is 21.3. The molecule has 1 N–H and O–H groups in total. The minimum absolute atomic E-state index is 0.0173. The molecular weight excluding hydrogens is 412 g/mol. The molecule has 8 heteroatoms. The average molecular weight is 443 g/mol. The van der Waals surface area contributed by atoms with Gasteiger partial charge in [0.2, 0.25) is 9.84 Å². The van der Waals surface area contributed by atoms with Crippen molar-refractivity contribution in [3.63, 3.8) is 0 Å². The second kappa shape index (κ2) is 8.84. The van der Waals surface area contributed by atoms with Gasteiger partial charge in [0.15, 0.2) is 5.03 Å². The molecule has 0 amide bonds. The molecule has 2 aliphatic heterocycles. The number of fused-ring (bicyclic) bond motifs is 1. The van der Waals surface area contributed by atoms with Gasteiger partial charge in [-0.25, -0.2) is 8.42 Å². The van der Waals surface area contributed by atoms with Gasteiger partial charge in [0.1, 0.15) is 5.82 Å². The number of anilines is 1. The number of aromatic nitrogens is 2. The van der Waals surface area contributed by atoms with Crippen LogP contribution in [0.3, 0.4) is 0 Å². The van der Waals surface area contributed by atoms with Crippen LogP contribution in [0.2, 0.25) is 0 Å². The summed E-state index contributed by atoms with van der Waals surface area (Å²) in [5.74, 6) is 2.92. The maximum absolute atomic E-state index is 12.7. The van der Waals surface area contributed by atoms with Gasteiger partial charge in [0, 0.05) is 38.9 Å². The number of sulfone groups is 1. The Balaban J connectivity index is 1.15. The minimum Gasteiger partial charge on any atom is -0.381 e. The fourth-order valence-corrected chi connectivity index (χ4v) is 6.58. The van der Waals surface area contributed by atoms with E-state index in [1.54, 1.807) is 42.5 Å². The summed E-state index contributed by atoms with van der Waals surface area (Å²) in [5, 5.41) is 11.6. The van der Waals surface area contributed by atoms with E-state index in [9.17, 15) is 8.42 Å². The van der Waals surface area contributed by atoms with Crippen LogP contribution in [0.5, 0.6) is 0 Å². The number of likely N-dealkylation sites (tertiary alicyclic amines) is 1. The summed E-state index contributed by atoms with van der Waals surface area (Å²) >= 11 is 0. The second-order valence-corrected chi connectivity index (χ2v) is 11.1.